The zero-order valence-corrected chi connectivity index (χ0v) is 8.41. The summed E-state index contributed by atoms with van der Waals surface area (Å²) >= 11 is 1.63. The number of thiazole rings is 1. The number of imidazole rings is 1. The van der Waals surface area contributed by atoms with Crippen LogP contribution in [0.15, 0.2) is 34.4 Å². The van der Waals surface area contributed by atoms with Crippen LogP contribution in [0.2, 0.25) is 0 Å². The first-order valence-electron chi connectivity index (χ1n) is 4.32. The van der Waals surface area contributed by atoms with Gasteiger partial charge < -0.3 is 4.42 Å². The van der Waals surface area contributed by atoms with Crippen LogP contribution in [0.25, 0.3) is 16.4 Å². The maximum absolute atomic E-state index is 5.33. The van der Waals surface area contributed by atoms with Crippen molar-refractivity contribution in [2.45, 2.75) is 6.92 Å². The smallest absolute Gasteiger partial charge is 0.194 e. The Balaban J connectivity index is 2.32. The van der Waals surface area contributed by atoms with Crippen LogP contribution in [-0.2, 0) is 0 Å². The number of furan rings is 1. The second-order valence-corrected chi connectivity index (χ2v) is 3.95. The van der Waals surface area contributed by atoms with Gasteiger partial charge in [-0.3, -0.25) is 4.40 Å². The standard InChI is InChI=1S/C10H8N2OS/c1-7-9(8-3-2-5-13-8)11-10-12(7)4-6-14-10/h2-6H,1H3. The Morgan fingerprint density at radius 1 is 1.50 bits per heavy atom. The lowest BCUT2D eigenvalue weighted by Gasteiger charge is -1.92. The third kappa shape index (κ3) is 0.943. The molecule has 3 heterocycles. The Hall–Kier alpha value is -1.55. The van der Waals surface area contributed by atoms with E-state index >= 15 is 0 Å². The molecule has 0 spiro atoms. The molecule has 0 aliphatic heterocycles. The second-order valence-electron chi connectivity index (χ2n) is 3.08. The van der Waals surface area contributed by atoms with Gasteiger partial charge in [-0.15, -0.1) is 11.3 Å². The molecule has 0 bridgehead atoms. The molecule has 0 amide bonds. The number of aromatic nitrogens is 2. The van der Waals surface area contributed by atoms with E-state index in [4.69, 9.17) is 4.42 Å². The lowest BCUT2D eigenvalue weighted by Crippen LogP contribution is -1.81. The van der Waals surface area contributed by atoms with E-state index in [1.807, 2.05) is 30.6 Å². The van der Waals surface area contributed by atoms with E-state index in [1.54, 1.807) is 17.6 Å². The molecule has 0 aromatic carbocycles. The normalized spacial score (nSPS) is 11.2. The quantitative estimate of drug-likeness (QED) is 0.610. The first-order chi connectivity index (χ1) is 6.86. The molecule has 0 aliphatic rings. The largest absolute Gasteiger partial charge is 0.463 e. The fourth-order valence-electron chi connectivity index (χ4n) is 1.55. The Morgan fingerprint density at radius 3 is 3.14 bits per heavy atom. The molecule has 4 heteroatoms. The molecule has 3 aromatic heterocycles. The van der Waals surface area contributed by atoms with Crippen LogP contribution in [0.4, 0.5) is 0 Å². The van der Waals surface area contributed by atoms with Crippen molar-refractivity contribution in [2.24, 2.45) is 0 Å². The summed E-state index contributed by atoms with van der Waals surface area (Å²) in [5.74, 6) is 0.832. The van der Waals surface area contributed by atoms with Crippen molar-refractivity contribution in [3.8, 4) is 11.5 Å². The van der Waals surface area contributed by atoms with E-state index in [2.05, 4.69) is 9.38 Å². The maximum atomic E-state index is 5.33. The highest BCUT2D eigenvalue weighted by atomic mass is 32.1. The molecule has 3 nitrogen and oxygen atoms in total. The van der Waals surface area contributed by atoms with Gasteiger partial charge in [-0.25, -0.2) is 4.98 Å². The summed E-state index contributed by atoms with van der Waals surface area (Å²) in [5, 5.41) is 2.03. The van der Waals surface area contributed by atoms with E-state index < -0.39 is 0 Å². The van der Waals surface area contributed by atoms with Crippen LogP contribution >= 0.6 is 11.3 Å². The van der Waals surface area contributed by atoms with Crippen molar-refractivity contribution in [3.63, 3.8) is 0 Å². The molecule has 0 aliphatic carbocycles. The fraction of sp³-hybridized carbons (Fsp3) is 0.100. The Morgan fingerprint density at radius 2 is 2.43 bits per heavy atom. The summed E-state index contributed by atoms with van der Waals surface area (Å²) in [6.45, 7) is 2.05. The van der Waals surface area contributed by atoms with Gasteiger partial charge in [-0.2, -0.15) is 0 Å². The van der Waals surface area contributed by atoms with Gasteiger partial charge in [0.1, 0.15) is 5.69 Å². The lowest BCUT2D eigenvalue weighted by molar-refractivity contribution is 0.580. The van der Waals surface area contributed by atoms with E-state index in [0.717, 1.165) is 22.1 Å². The molecule has 0 saturated heterocycles. The highest BCUT2D eigenvalue weighted by molar-refractivity contribution is 7.15. The minimum Gasteiger partial charge on any atom is -0.463 e. The molecule has 0 radical (unpaired) electrons. The van der Waals surface area contributed by atoms with Crippen molar-refractivity contribution >= 4 is 16.3 Å². The zero-order valence-electron chi connectivity index (χ0n) is 7.60. The topological polar surface area (TPSA) is 30.4 Å². The van der Waals surface area contributed by atoms with E-state index in [0.29, 0.717) is 0 Å². The monoisotopic (exact) mass is 204 g/mol. The molecule has 0 unspecified atom stereocenters. The predicted molar refractivity (Wildman–Crippen MR) is 55.5 cm³/mol. The van der Waals surface area contributed by atoms with Crippen LogP contribution in [-0.4, -0.2) is 9.38 Å². The van der Waals surface area contributed by atoms with Gasteiger partial charge in [0, 0.05) is 11.6 Å². The first-order valence-corrected chi connectivity index (χ1v) is 5.20. The number of nitrogens with zero attached hydrogens (tertiary/aromatic N) is 2. The van der Waals surface area contributed by atoms with Crippen LogP contribution < -0.4 is 0 Å². The summed E-state index contributed by atoms with van der Waals surface area (Å²) in [6, 6.07) is 3.81. The Labute approximate surface area is 84.6 Å². The average molecular weight is 204 g/mol. The van der Waals surface area contributed by atoms with Crippen LogP contribution in [0.5, 0.6) is 0 Å². The zero-order chi connectivity index (χ0) is 9.54. The van der Waals surface area contributed by atoms with Gasteiger partial charge in [0.25, 0.3) is 0 Å². The van der Waals surface area contributed by atoms with E-state index in [1.165, 1.54) is 0 Å². The molecular weight excluding hydrogens is 196 g/mol. The summed E-state index contributed by atoms with van der Waals surface area (Å²) in [4.78, 5) is 5.51. The summed E-state index contributed by atoms with van der Waals surface area (Å²) in [5.41, 5.74) is 2.05. The van der Waals surface area contributed by atoms with E-state index in [-0.39, 0.29) is 0 Å². The third-order valence-corrected chi connectivity index (χ3v) is 3.01. The van der Waals surface area contributed by atoms with Crippen molar-refractivity contribution < 1.29 is 4.42 Å². The highest BCUT2D eigenvalue weighted by Gasteiger charge is 2.12. The number of aryl methyl sites for hydroxylation is 1. The maximum Gasteiger partial charge on any atom is 0.194 e. The van der Waals surface area contributed by atoms with Crippen LogP contribution in [0, 0.1) is 6.92 Å². The van der Waals surface area contributed by atoms with Crippen molar-refractivity contribution in [3.05, 3.63) is 35.7 Å². The van der Waals surface area contributed by atoms with Crippen molar-refractivity contribution in [1.29, 1.82) is 0 Å². The van der Waals surface area contributed by atoms with E-state index in [9.17, 15) is 0 Å². The van der Waals surface area contributed by atoms with Gasteiger partial charge in [0.15, 0.2) is 10.7 Å². The highest BCUT2D eigenvalue weighted by Crippen LogP contribution is 2.25. The number of hydrogen-bond acceptors (Lipinski definition) is 3. The second kappa shape index (κ2) is 2.72. The number of rotatable bonds is 1. The first kappa shape index (κ1) is 7.82. The van der Waals surface area contributed by atoms with Gasteiger partial charge in [-0.1, -0.05) is 0 Å². The average Bonchev–Trinajstić information content (AvgIpc) is 2.84. The summed E-state index contributed by atoms with van der Waals surface area (Å²) in [7, 11) is 0. The van der Waals surface area contributed by atoms with Crippen LogP contribution in [0.3, 0.4) is 0 Å². The molecule has 0 saturated carbocycles. The molecule has 0 fully saturated rings. The van der Waals surface area contributed by atoms with Gasteiger partial charge in [0.05, 0.1) is 12.0 Å². The predicted octanol–water partition coefficient (Wildman–Crippen LogP) is 2.96. The molecule has 0 atom stereocenters. The molecule has 14 heavy (non-hydrogen) atoms. The Kier molecular flexibility index (Phi) is 1.52. The number of hydrogen-bond donors (Lipinski definition) is 0. The molecular formula is C10H8N2OS. The van der Waals surface area contributed by atoms with Gasteiger partial charge in [-0.05, 0) is 19.1 Å². The van der Waals surface area contributed by atoms with Crippen LogP contribution in [0.1, 0.15) is 5.69 Å². The SMILES string of the molecule is Cc1c(-c2ccco2)nc2sccn12. The molecule has 70 valence electrons. The van der Waals surface area contributed by atoms with Gasteiger partial charge in [0.2, 0.25) is 0 Å². The van der Waals surface area contributed by atoms with Gasteiger partial charge >= 0.3 is 0 Å². The number of fused-ring (bicyclic) bond motifs is 1. The summed E-state index contributed by atoms with van der Waals surface area (Å²) in [6.07, 6.45) is 3.69. The fourth-order valence-corrected chi connectivity index (χ4v) is 2.31. The van der Waals surface area contributed by atoms with Crippen molar-refractivity contribution in [2.75, 3.05) is 0 Å². The molecule has 0 N–H and O–H groups in total. The van der Waals surface area contributed by atoms with Crippen molar-refractivity contribution in [1.82, 2.24) is 9.38 Å². The molecule has 3 aromatic rings. The third-order valence-electron chi connectivity index (χ3n) is 2.26. The lowest BCUT2D eigenvalue weighted by atomic mass is 10.3. The Bertz CT molecular complexity index is 562. The minimum atomic E-state index is 0.832. The summed E-state index contributed by atoms with van der Waals surface area (Å²) < 4.78 is 7.40. The minimum absolute atomic E-state index is 0.832. The molecule has 3 rings (SSSR count).